The number of halogens is 1. The lowest BCUT2D eigenvalue weighted by atomic mass is 10.1. The molecule has 7 nitrogen and oxygen atoms in total. The zero-order chi connectivity index (χ0) is 23.5. The third-order valence-corrected chi connectivity index (χ3v) is 6.26. The van der Waals surface area contributed by atoms with Crippen LogP contribution in [0.25, 0.3) is 11.3 Å². The van der Waals surface area contributed by atoms with Gasteiger partial charge in [0, 0.05) is 30.2 Å². The molecule has 172 valence electrons. The van der Waals surface area contributed by atoms with E-state index in [0.29, 0.717) is 23.7 Å². The minimum Gasteiger partial charge on any atom is -0.479 e. The Morgan fingerprint density at radius 3 is 2.79 bits per heavy atom. The highest BCUT2D eigenvalue weighted by atomic mass is 32.1. The van der Waals surface area contributed by atoms with Gasteiger partial charge in [0.2, 0.25) is 5.91 Å². The van der Waals surface area contributed by atoms with Crippen LogP contribution in [-0.4, -0.2) is 42.7 Å². The van der Waals surface area contributed by atoms with Crippen LogP contribution in [0.5, 0.6) is 5.75 Å². The minimum atomic E-state index is -0.824. The number of amides is 2. The van der Waals surface area contributed by atoms with Crippen LogP contribution in [-0.2, 0) is 20.7 Å². The Hall–Kier alpha value is -3.30. The van der Waals surface area contributed by atoms with Crippen LogP contribution in [0.4, 0.5) is 15.8 Å². The van der Waals surface area contributed by atoms with Gasteiger partial charge in [-0.2, -0.15) is 0 Å². The Morgan fingerprint density at radius 2 is 2.06 bits per heavy atom. The van der Waals surface area contributed by atoms with Gasteiger partial charge in [0.05, 0.1) is 23.0 Å². The molecule has 0 saturated carbocycles. The van der Waals surface area contributed by atoms with Crippen molar-refractivity contribution in [2.75, 3.05) is 23.9 Å². The molecule has 1 aliphatic rings. The number of carbonyl (C=O) groups is 2. The first-order valence-corrected chi connectivity index (χ1v) is 11.4. The monoisotopic (exact) mass is 469 g/mol. The van der Waals surface area contributed by atoms with Crippen molar-refractivity contribution in [1.29, 1.82) is 0 Å². The first-order valence-electron chi connectivity index (χ1n) is 10.5. The van der Waals surface area contributed by atoms with Gasteiger partial charge in [0.25, 0.3) is 5.91 Å². The smallest absolute Gasteiger partial charge is 0.268 e. The van der Waals surface area contributed by atoms with E-state index in [-0.39, 0.29) is 5.91 Å². The SMILES string of the molecule is COCCc1nc(-c2ccc3c(c2)N(C(C)C(=O)Nc2ccc(F)cc2)C(=O)C(C)O3)cs1. The lowest BCUT2D eigenvalue weighted by molar-refractivity contribution is -0.128. The van der Waals surface area contributed by atoms with Crippen molar-refractivity contribution in [1.82, 2.24) is 4.98 Å². The molecule has 2 atom stereocenters. The Balaban J connectivity index is 1.63. The summed E-state index contributed by atoms with van der Waals surface area (Å²) >= 11 is 1.54. The number of hydrogen-bond donors (Lipinski definition) is 1. The number of nitrogens with one attached hydrogen (secondary N) is 1. The van der Waals surface area contributed by atoms with Crippen molar-refractivity contribution >= 4 is 34.5 Å². The summed E-state index contributed by atoms with van der Waals surface area (Å²) in [5.74, 6) is -0.592. The topological polar surface area (TPSA) is 80.8 Å². The number of benzene rings is 2. The number of methoxy groups -OCH3 is 1. The number of fused-ring (bicyclic) bond motifs is 1. The fourth-order valence-corrected chi connectivity index (χ4v) is 4.35. The molecule has 0 aliphatic carbocycles. The molecule has 4 rings (SSSR count). The van der Waals surface area contributed by atoms with E-state index >= 15 is 0 Å². The maximum atomic E-state index is 13.2. The molecular weight excluding hydrogens is 445 g/mol. The summed E-state index contributed by atoms with van der Waals surface area (Å²) in [6.45, 7) is 3.89. The number of anilines is 2. The van der Waals surface area contributed by atoms with Gasteiger partial charge in [-0.1, -0.05) is 0 Å². The Labute approximate surface area is 195 Å². The van der Waals surface area contributed by atoms with Gasteiger partial charge in [-0.05, 0) is 56.3 Å². The molecule has 33 heavy (non-hydrogen) atoms. The van der Waals surface area contributed by atoms with Gasteiger partial charge in [-0.3, -0.25) is 14.5 Å². The van der Waals surface area contributed by atoms with Gasteiger partial charge in [-0.15, -0.1) is 11.3 Å². The van der Waals surface area contributed by atoms with Crippen LogP contribution in [0.1, 0.15) is 18.9 Å². The van der Waals surface area contributed by atoms with Gasteiger partial charge < -0.3 is 14.8 Å². The molecular formula is C24H24FN3O4S. The van der Waals surface area contributed by atoms with Crippen LogP contribution in [0.3, 0.4) is 0 Å². The van der Waals surface area contributed by atoms with E-state index in [1.54, 1.807) is 38.4 Å². The summed E-state index contributed by atoms with van der Waals surface area (Å²) in [5.41, 5.74) is 2.55. The number of thiazole rings is 1. The third-order valence-electron chi connectivity index (χ3n) is 5.35. The predicted octanol–water partition coefficient (Wildman–Crippen LogP) is 4.28. The zero-order valence-electron chi connectivity index (χ0n) is 18.5. The maximum Gasteiger partial charge on any atom is 0.268 e. The molecule has 9 heteroatoms. The van der Waals surface area contributed by atoms with E-state index in [4.69, 9.17) is 9.47 Å². The maximum absolute atomic E-state index is 13.2. The highest BCUT2D eigenvalue weighted by Gasteiger charge is 2.37. The van der Waals surface area contributed by atoms with Crippen molar-refractivity contribution in [2.45, 2.75) is 32.4 Å². The van der Waals surface area contributed by atoms with Gasteiger partial charge >= 0.3 is 0 Å². The molecule has 1 N–H and O–H groups in total. The molecule has 0 saturated heterocycles. The standard InChI is InChI=1S/C24H24FN3O4S/c1-14(23(29)26-18-7-5-17(25)6-8-18)28-20-12-16(4-9-21(20)32-15(2)24(28)30)19-13-33-22(27-19)10-11-31-3/h4-9,12-15H,10-11H2,1-3H3,(H,26,29). The van der Waals surface area contributed by atoms with E-state index in [2.05, 4.69) is 10.3 Å². The largest absolute Gasteiger partial charge is 0.479 e. The van der Waals surface area contributed by atoms with Gasteiger partial charge in [-0.25, -0.2) is 9.37 Å². The van der Waals surface area contributed by atoms with Crippen LogP contribution in [0, 0.1) is 5.82 Å². The Kier molecular flexibility index (Phi) is 6.71. The molecule has 0 bridgehead atoms. The molecule has 2 amide bonds. The molecule has 1 aliphatic heterocycles. The van der Waals surface area contributed by atoms with Crippen LogP contribution in [0.15, 0.2) is 47.8 Å². The van der Waals surface area contributed by atoms with Crippen molar-refractivity contribution in [3.8, 4) is 17.0 Å². The van der Waals surface area contributed by atoms with Crippen molar-refractivity contribution in [3.63, 3.8) is 0 Å². The number of ether oxygens (including phenoxy) is 2. The first-order chi connectivity index (χ1) is 15.9. The summed E-state index contributed by atoms with van der Waals surface area (Å²) < 4.78 is 24.1. The van der Waals surface area contributed by atoms with E-state index < -0.39 is 23.9 Å². The molecule has 0 spiro atoms. The minimum absolute atomic E-state index is 0.319. The number of rotatable bonds is 7. The summed E-state index contributed by atoms with van der Waals surface area (Å²) in [4.78, 5) is 32.1. The van der Waals surface area contributed by atoms with Crippen molar-refractivity contribution in [3.05, 3.63) is 58.7 Å². The van der Waals surface area contributed by atoms with Gasteiger partial charge in [0.1, 0.15) is 17.6 Å². The van der Waals surface area contributed by atoms with Gasteiger partial charge in [0.15, 0.2) is 6.10 Å². The molecule has 2 aromatic carbocycles. The molecule has 3 aromatic rings. The van der Waals surface area contributed by atoms with Crippen LogP contribution >= 0.6 is 11.3 Å². The Bertz CT molecular complexity index is 1160. The molecule has 0 fully saturated rings. The van der Waals surface area contributed by atoms with Crippen LogP contribution in [0.2, 0.25) is 0 Å². The van der Waals surface area contributed by atoms with E-state index in [1.165, 1.54) is 29.2 Å². The van der Waals surface area contributed by atoms with E-state index in [0.717, 1.165) is 22.7 Å². The summed E-state index contributed by atoms with van der Waals surface area (Å²) in [6.07, 6.45) is -0.0119. The fraction of sp³-hybridized carbons (Fsp3) is 0.292. The lowest BCUT2D eigenvalue weighted by Gasteiger charge is -2.36. The normalized spacial score (nSPS) is 16.2. The molecule has 0 radical (unpaired) electrons. The molecule has 1 aromatic heterocycles. The number of hydrogen-bond acceptors (Lipinski definition) is 6. The highest BCUT2D eigenvalue weighted by Crippen LogP contribution is 2.39. The quantitative estimate of drug-likeness (QED) is 0.559. The third kappa shape index (κ3) is 4.89. The average molecular weight is 470 g/mol. The average Bonchev–Trinajstić information content (AvgIpc) is 3.28. The second-order valence-corrected chi connectivity index (χ2v) is 8.63. The van der Waals surface area contributed by atoms with Crippen LogP contribution < -0.4 is 15.0 Å². The lowest BCUT2D eigenvalue weighted by Crippen LogP contribution is -2.52. The summed E-state index contributed by atoms with van der Waals surface area (Å²) in [6, 6.07) is 10.1. The predicted molar refractivity (Wildman–Crippen MR) is 125 cm³/mol. The summed E-state index contributed by atoms with van der Waals surface area (Å²) in [5, 5.41) is 5.65. The second-order valence-electron chi connectivity index (χ2n) is 7.69. The number of nitrogens with zero attached hydrogens (tertiary/aromatic N) is 2. The van der Waals surface area contributed by atoms with Crippen molar-refractivity contribution < 1.29 is 23.5 Å². The fourth-order valence-electron chi connectivity index (χ4n) is 3.56. The molecule has 2 heterocycles. The highest BCUT2D eigenvalue weighted by molar-refractivity contribution is 7.09. The van der Waals surface area contributed by atoms with E-state index in [1.807, 2.05) is 17.5 Å². The summed E-state index contributed by atoms with van der Waals surface area (Å²) in [7, 11) is 1.65. The first kappa shape index (κ1) is 22.9. The Morgan fingerprint density at radius 1 is 1.30 bits per heavy atom. The second kappa shape index (κ2) is 9.68. The van der Waals surface area contributed by atoms with E-state index in [9.17, 15) is 14.0 Å². The number of carbonyl (C=O) groups excluding carboxylic acids is 2. The number of aromatic nitrogens is 1. The zero-order valence-corrected chi connectivity index (χ0v) is 19.3. The van der Waals surface area contributed by atoms with Crippen molar-refractivity contribution in [2.24, 2.45) is 0 Å². The molecule has 2 unspecified atom stereocenters.